The van der Waals surface area contributed by atoms with E-state index in [9.17, 15) is 9.59 Å². The molecule has 0 aliphatic rings. The maximum Gasteiger partial charge on any atom is 0.335 e. The fourth-order valence-corrected chi connectivity index (χ4v) is 3.06. The van der Waals surface area contributed by atoms with Crippen molar-refractivity contribution in [3.8, 4) is 0 Å². The second-order valence-electron chi connectivity index (χ2n) is 7.21. The van der Waals surface area contributed by atoms with Gasteiger partial charge in [0.25, 0.3) is 0 Å². The molecular formula is C25H25NO5. The first kappa shape index (κ1) is 22.2. The first-order chi connectivity index (χ1) is 15.0. The van der Waals surface area contributed by atoms with Gasteiger partial charge < -0.3 is 19.5 Å². The zero-order valence-corrected chi connectivity index (χ0v) is 17.3. The summed E-state index contributed by atoms with van der Waals surface area (Å²) >= 11 is 0. The number of carboxylic acids is 1. The number of nitrogens with zero attached hydrogens (tertiary/aromatic N) is 1. The Morgan fingerprint density at radius 2 is 1.77 bits per heavy atom. The number of carbonyl (C=O) groups excluding carboxylic acids is 1. The van der Waals surface area contributed by atoms with Gasteiger partial charge in [-0.15, -0.1) is 0 Å². The summed E-state index contributed by atoms with van der Waals surface area (Å²) in [6, 6.07) is 18.7. The largest absolute Gasteiger partial charge is 0.479 e. The van der Waals surface area contributed by atoms with Crippen molar-refractivity contribution in [2.24, 2.45) is 0 Å². The van der Waals surface area contributed by atoms with Gasteiger partial charge >= 0.3 is 5.97 Å². The van der Waals surface area contributed by atoms with E-state index in [0.29, 0.717) is 17.8 Å². The lowest BCUT2D eigenvalue weighted by atomic mass is 10.1. The van der Waals surface area contributed by atoms with Gasteiger partial charge in [-0.3, -0.25) is 4.79 Å². The third kappa shape index (κ3) is 6.01. The lowest BCUT2D eigenvalue weighted by Gasteiger charge is -2.10. The Morgan fingerprint density at radius 3 is 2.42 bits per heavy atom. The summed E-state index contributed by atoms with van der Waals surface area (Å²) in [6.45, 7) is 2.09. The number of carbonyl (C=O) groups is 2. The van der Waals surface area contributed by atoms with Crippen molar-refractivity contribution in [3.05, 3.63) is 101 Å². The molecule has 0 unspecified atom stereocenters. The first-order valence-corrected chi connectivity index (χ1v) is 9.95. The molecule has 31 heavy (non-hydrogen) atoms. The Hall–Kier alpha value is -3.48. The molecule has 3 aromatic rings. The maximum absolute atomic E-state index is 12.8. The van der Waals surface area contributed by atoms with Gasteiger partial charge in [-0.1, -0.05) is 66.2 Å². The Balaban J connectivity index is 1.59. The molecule has 0 radical (unpaired) electrons. The number of ether oxygens (including phenoxy) is 1. The van der Waals surface area contributed by atoms with Crippen LogP contribution in [-0.4, -0.2) is 39.2 Å². The van der Waals surface area contributed by atoms with Crippen LogP contribution in [0.3, 0.4) is 0 Å². The molecule has 0 bridgehead atoms. The number of rotatable bonds is 10. The number of aliphatic carboxylic acids is 1. The molecule has 0 aliphatic heterocycles. The van der Waals surface area contributed by atoms with Crippen molar-refractivity contribution in [3.63, 3.8) is 0 Å². The highest BCUT2D eigenvalue weighted by molar-refractivity contribution is 6.08. The molecular weight excluding hydrogens is 394 g/mol. The summed E-state index contributed by atoms with van der Waals surface area (Å²) in [5.74, 6) is -1.20. The fraction of sp³-hybridized carbons (Fsp3) is 0.200. The summed E-state index contributed by atoms with van der Waals surface area (Å²) < 4.78 is 7.09. The van der Waals surface area contributed by atoms with Gasteiger partial charge in [-0.05, 0) is 30.2 Å². The van der Waals surface area contributed by atoms with Crippen molar-refractivity contribution in [1.82, 2.24) is 4.57 Å². The molecule has 160 valence electrons. The zero-order valence-electron chi connectivity index (χ0n) is 17.3. The summed E-state index contributed by atoms with van der Waals surface area (Å²) in [4.78, 5) is 23.6. The van der Waals surface area contributed by atoms with Gasteiger partial charge in [-0.2, -0.15) is 0 Å². The highest BCUT2D eigenvalue weighted by atomic mass is 16.5. The number of hydrogen-bond donors (Lipinski definition) is 2. The van der Waals surface area contributed by atoms with E-state index in [1.165, 1.54) is 0 Å². The number of aliphatic hydroxyl groups is 1. The van der Waals surface area contributed by atoms with Gasteiger partial charge in [0.1, 0.15) is 0 Å². The van der Waals surface area contributed by atoms with Crippen LogP contribution in [0.1, 0.15) is 32.7 Å². The first-order valence-electron chi connectivity index (χ1n) is 9.95. The smallest absolute Gasteiger partial charge is 0.335 e. The van der Waals surface area contributed by atoms with Crippen LogP contribution in [0, 0.1) is 6.92 Å². The van der Waals surface area contributed by atoms with E-state index in [-0.39, 0.29) is 12.4 Å². The second kappa shape index (κ2) is 10.5. The molecule has 1 heterocycles. The van der Waals surface area contributed by atoms with Crippen molar-refractivity contribution in [2.45, 2.75) is 26.2 Å². The number of allylic oxidation sites excluding steroid dienone is 1. The SMILES string of the molecule is Cc1ccc(C(=O)c2cccn2C/C=C/c2ccc(CO[C@H](CO)C(=O)O)cc2)cc1. The minimum absolute atomic E-state index is 0.00898. The lowest BCUT2D eigenvalue weighted by Crippen LogP contribution is -2.27. The average Bonchev–Trinajstić information content (AvgIpc) is 3.23. The number of ketones is 1. The van der Waals surface area contributed by atoms with Crippen LogP contribution in [0.2, 0.25) is 0 Å². The fourth-order valence-electron chi connectivity index (χ4n) is 3.06. The number of benzene rings is 2. The third-order valence-corrected chi connectivity index (χ3v) is 4.86. The highest BCUT2D eigenvalue weighted by Gasteiger charge is 2.16. The number of carboxylic acid groups (broad SMARTS) is 1. The predicted octanol–water partition coefficient (Wildman–Crippen LogP) is 3.70. The van der Waals surface area contributed by atoms with Gasteiger partial charge in [0.15, 0.2) is 6.10 Å². The Bertz CT molecular complexity index is 1050. The van der Waals surface area contributed by atoms with Crippen molar-refractivity contribution < 1.29 is 24.5 Å². The van der Waals surface area contributed by atoms with Gasteiger partial charge in [0.2, 0.25) is 5.78 Å². The van der Waals surface area contributed by atoms with Crippen LogP contribution < -0.4 is 0 Å². The van der Waals surface area contributed by atoms with E-state index in [0.717, 1.165) is 16.7 Å². The molecule has 0 spiro atoms. The molecule has 2 aromatic carbocycles. The summed E-state index contributed by atoms with van der Waals surface area (Å²) in [5, 5.41) is 17.9. The maximum atomic E-state index is 12.8. The zero-order chi connectivity index (χ0) is 22.2. The van der Waals surface area contributed by atoms with E-state index in [4.69, 9.17) is 14.9 Å². The predicted molar refractivity (Wildman–Crippen MR) is 118 cm³/mol. The summed E-state index contributed by atoms with van der Waals surface area (Å²) in [7, 11) is 0. The molecule has 6 nitrogen and oxygen atoms in total. The van der Waals surface area contributed by atoms with Crippen molar-refractivity contribution in [2.75, 3.05) is 6.61 Å². The Morgan fingerprint density at radius 1 is 1.06 bits per heavy atom. The molecule has 1 atom stereocenters. The third-order valence-electron chi connectivity index (χ3n) is 4.86. The normalized spacial score (nSPS) is 12.2. The quantitative estimate of drug-likeness (QED) is 0.489. The number of aliphatic hydroxyl groups excluding tert-OH is 1. The molecule has 1 aromatic heterocycles. The van der Waals surface area contributed by atoms with Crippen molar-refractivity contribution >= 4 is 17.8 Å². The topological polar surface area (TPSA) is 88.8 Å². The van der Waals surface area contributed by atoms with E-state index < -0.39 is 18.7 Å². The number of aromatic nitrogens is 1. The van der Waals surface area contributed by atoms with Gasteiger partial charge in [0.05, 0.1) is 18.9 Å². The minimum atomic E-state index is -1.22. The van der Waals surface area contributed by atoms with E-state index in [2.05, 4.69) is 0 Å². The Kier molecular flexibility index (Phi) is 7.54. The lowest BCUT2D eigenvalue weighted by molar-refractivity contribution is -0.153. The standard InChI is InChI=1S/C25H25NO5/c1-18-6-12-21(13-7-18)24(28)22-5-3-15-26(22)14-2-4-19-8-10-20(11-9-19)17-31-23(16-27)25(29)30/h2-13,15,23,27H,14,16-17H2,1H3,(H,29,30)/b4-2+/t23-/m1/s1. The van der Waals surface area contributed by atoms with Crippen LogP contribution in [0.15, 0.2) is 72.9 Å². The summed E-state index contributed by atoms with van der Waals surface area (Å²) in [5.41, 5.74) is 4.20. The molecule has 6 heteroatoms. The second-order valence-corrected chi connectivity index (χ2v) is 7.21. The monoisotopic (exact) mass is 419 g/mol. The van der Waals surface area contributed by atoms with Gasteiger partial charge in [0, 0.05) is 18.3 Å². The van der Waals surface area contributed by atoms with Crippen LogP contribution in [0.25, 0.3) is 6.08 Å². The number of hydrogen-bond acceptors (Lipinski definition) is 4. The van der Waals surface area contributed by atoms with E-state index in [1.54, 1.807) is 0 Å². The van der Waals surface area contributed by atoms with Crippen LogP contribution in [-0.2, 0) is 22.7 Å². The summed E-state index contributed by atoms with van der Waals surface area (Å²) in [6.07, 6.45) is 4.59. The molecule has 0 fully saturated rings. The molecule has 3 rings (SSSR count). The molecule has 0 aliphatic carbocycles. The Labute approximate surface area is 181 Å². The van der Waals surface area contributed by atoms with E-state index in [1.807, 2.05) is 90.5 Å². The minimum Gasteiger partial charge on any atom is -0.479 e. The number of aryl methyl sites for hydroxylation is 1. The van der Waals surface area contributed by atoms with E-state index >= 15 is 0 Å². The highest BCUT2D eigenvalue weighted by Crippen LogP contribution is 2.13. The van der Waals surface area contributed by atoms with Gasteiger partial charge in [-0.25, -0.2) is 4.79 Å². The molecule has 2 N–H and O–H groups in total. The average molecular weight is 419 g/mol. The molecule has 0 amide bonds. The van der Waals surface area contributed by atoms with Crippen LogP contribution in [0.4, 0.5) is 0 Å². The molecule has 0 saturated heterocycles. The van der Waals surface area contributed by atoms with Crippen LogP contribution >= 0.6 is 0 Å². The van der Waals surface area contributed by atoms with Crippen LogP contribution in [0.5, 0.6) is 0 Å². The molecule has 0 saturated carbocycles. The van der Waals surface area contributed by atoms with Crippen molar-refractivity contribution in [1.29, 1.82) is 0 Å².